The molecule has 2 rings (SSSR count). The van der Waals surface area contributed by atoms with Crippen molar-refractivity contribution in [3.05, 3.63) is 30.5 Å². The normalized spacial score (nSPS) is 13.0. The number of nitrogens with one attached hydrogen (secondary N) is 1. The van der Waals surface area contributed by atoms with Crippen molar-refractivity contribution in [1.29, 1.82) is 0 Å². The van der Waals surface area contributed by atoms with Gasteiger partial charge in [-0.2, -0.15) is 0 Å². The van der Waals surface area contributed by atoms with E-state index in [9.17, 15) is 13.2 Å². The molecular formula is C16H23N5O4S. The van der Waals surface area contributed by atoms with Gasteiger partial charge in [-0.25, -0.2) is 18.2 Å². The van der Waals surface area contributed by atoms with Crippen LogP contribution in [0.25, 0.3) is 11.3 Å². The molecule has 0 spiro atoms. The van der Waals surface area contributed by atoms with Gasteiger partial charge in [0.05, 0.1) is 11.1 Å². The highest BCUT2D eigenvalue weighted by molar-refractivity contribution is 7.89. The van der Waals surface area contributed by atoms with E-state index in [-0.39, 0.29) is 23.3 Å². The maximum Gasteiger partial charge on any atom is 0.245 e. The molecule has 1 heterocycles. The van der Waals surface area contributed by atoms with Crippen molar-refractivity contribution in [2.24, 2.45) is 11.1 Å². The van der Waals surface area contributed by atoms with Crippen LogP contribution in [0.15, 0.2) is 35.4 Å². The number of rotatable bonds is 8. The third-order valence-electron chi connectivity index (χ3n) is 3.81. The first-order chi connectivity index (χ1) is 12.2. The average Bonchev–Trinajstić information content (AvgIpc) is 3.03. The summed E-state index contributed by atoms with van der Waals surface area (Å²) < 4.78 is 24.1. The molecule has 0 aliphatic carbocycles. The lowest BCUT2D eigenvalue weighted by Crippen LogP contribution is -2.36. The van der Waals surface area contributed by atoms with Crippen LogP contribution in [0.1, 0.15) is 26.3 Å². The summed E-state index contributed by atoms with van der Waals surface area (Å²) in [5.74, 6) is -0.224. The number of aliphatic hydroxyl groups is 1. The number of sulfonamides is 1. The van der Waals surface area contributed by atoms with Crippen molar-refractivity contribution < 1.29 is 18.3 Å². The molecule has 9 nitrogen and oxygen atoms in total. The predicted octanol–water partition coefficient (Wildman–Crippen LogP) is 0.288. The number of carbonyl (C=O) groups is 1. The van der Waals surface area contributed by atoms with E-state index in [1.165, 1.54) is 16.8 Å². The Morgan fingerprint density at radius 1 is 1.31 bits per heavy atom. The molecule has 0 bridgehead atoms. The van der Waals surface area contributed by atoms with Crippen LogP contribution in [0.4, 0.5) is 0 Å². The summed E-state index contributed by atoms with van der Waals surface area (Å²) in [6, 6.07) is 5.41. The number of nitrogens with zero attached hydrogens (tertiary/aromatic N) is 3. The summed E-state index contributed by atoms with van der Waals surface area (Å²) >= 11 is 0. The van der Waals surface area contributed by atoms with Gasteiger partial charge in [-0.05, 0) is 24.5 Å². The Bertz CT molecular complexity index is 846. The van der Waals surface area contributed by atoms with Crippen LogP contribution in [0, 0.1) is 5.92 Å². The number of hydrogen-bond acceptors (Lipinski definition) is 6. The summed E-state index contributed by atoms with van der Waals surface area (Å²) in [5.41, 5.74) is 1.17. The topological polar surface area (TPSA) is 140 Å². The molecule has 0 aliphatic rings. The maximum absolute atomic E-state index is 12.4. The molecule has 2 aromatic rings. The minimum Gasteiger partial charge on any atom is -0.396 e. The van der Waals surface area contributed by atoms with Crippen LogP contribution in [0.3, 0.4) is 0 Å². The van der Waals surface area contributed by atoms with E-state index in [1.807, 2.05) is 13.8 Å². The molecule has 1 amide bonds. The van der Waals surface area contributed by atoms with Crippen molar-refractivity contribution in [2.45, 2.75) is 31.2 Å². The quantitative estimate of drug-likeness (QED) is 0.561. The van der Waals surface area contributed by atoms with Crippen molar-refractivity contribution in [2.75, 3.05) is 13.2 Å². The minimum atomic E-state index is -3.76. The third kappa shape index (κ3) is 4.87. The Morgan fingerprint density at radius 2 is 1.96 bits per heavy atom. The average molecular weight is 381 g/mol. The van der Waals surface area contributed by atoms with Gasteiger partial charge in [0, 0.05) is 18.7 Å². The fraction of sp³-hybridized carbons (Fsp3) is 0.438. The highest BCUT2D eigenvalue weighted by atomic mass is 32.2. The second-order valence-corrected chi connectivity index (χ2v) is 7.77. The van der Waals surface area contributed by atoms with Gasteiger partial charge >= 0.3 is 0 Å². The molecule has 0 radical (unpaired) electrons. The monoisotopic (exact) mass is 381 g/mol. The molecule has 0 saturated carbocycles. The van der Waals surface area contributed by atoms with E-state index in [0.717, 1.165) is 0 Å². The highest BCUT2D eigenvalue weighted by Gasteiger charge is 2.25. The summed E-state index contributed by atoms with van der Waals surface area (Å²) in [5, 5.41) is 24.8. The fourth-order valence-corrected chi connectivity index (χ4v) is 3.00. The molecule has 10 heteroatoms. The van der Waals surface area contributed by atoms with Gasteiger partial charge in [-0.3, -0.25) is 4.79 Å². The summed E-state index contributed by atoms with van der Waals surface area (Å²) in [4.78, 5) is 12.4. The van der Waals surface area contributed by atoms with E-state index in [0.29, 0.717) is 24.2 Å². The first-order valence-electron chi connectivity index (χ1n) is 8.17. The summed E-state index contributed by atoms with van der Waals surface area (Å²) in [6.07, 6.45) is 2.12. The zero-order chi connectivity index (χ0) is 19.3. The number of benzene rings is 1. The molecular weight excluding hydrogens is 358 g/mol. The Hall–Kier alpha value is -2.30. The molecule has 0 aliphatic heterocycles. The SMILES string of the molecule is CC(C)C(C(=O)NCCCO)n1cc(-c2ccc(S(N)(=O)=O)cc2)nn1. The lowest BCUT2D eigenvalue weighted by molar-refractivity contribution is -0.125. The van der Waals surface area contributed by atoms with Gasteiger partial charge in [-0.15, -0.1) is 5.10 Å². The molecule has 1 aromatic carbocycles. The van der Waals surface area contributed by atoms with E-state index >= 15 is 0 Å². The van der Waals surface area contributed by atoms with Crippen LogP contribution in [0.2, 0.25) is 0 Å². The van der Waals surface area contributed by atoms with Crippen molar-refractivity contribution in [3.63, 3.8) is 0 Å². The summed E-state index contributed by atoms with van der Waals surface area (Å²) in [6.45, 7) is 4.20. The third-order valence-corrected chi connectivity index (χ3v) is 4.74. The Balaban J connectivity index is 2.22. The van der Waals surface area contributed by atoms with E-state index in [1.54, 1.807) is 18.3 Å². The second kappa shape index (κ2) is 8.39. The second-order valence-electron chi connectivity index (χ2n) is 6.21. The van der Waals surface area contributed by atoms with Crippen LogP contribution < -0.4 is 10.5 Å². The smallest absolute Gasteiger partial charge is 0.245 e. The molecule has 1 atom stereocenters. The number of amides is 1. The van der Waals surface area contributed by atoms with E-state index in [4.69, 9.17) is 10.2 Å². The molecule has 1 unspecified atom stereocenters. The zero-order valence-electron chi connectivity index (χ0n) is 14.7. The van der Waals surface area contributed by atoms with Crippen molar-refractivity contribution >= 4 is 15.9 Å². The standard InChI is InChI=1S/C16H23N5O4S/c1-11(2)15(16(23)18-8-3-9-22)21-10-14(19-20-21)12-4-6-13(7-5-12)26(17,24)25/h4-7,10-11,15,22H,3,8-9H2,1-2H3,(H,18,23)(H2,17,24,25). The first-order valence-corrected chi connectivity index (χ1v) is 9.72. The fourth-order valence-electron chi connectivity index (χ4n) is 2.48. The Labute approximate surface area is 152 Å². The number of nitrogens with two attached hydrogens (primary N) is 1. The van der Waals surface area contributed by atoms with Gasteiger partial charge in [-0.1, -0.05) is 31.2 Å². The number of aliphatic hydroxyl groups excluding tert-OH is 1. The first kappa shape index (κ1) is 20.0. The van der Waals surface area contributed by atoms with Gasteiger partial charge in [0.25, 0.3) is 0 Å². The lowest BCUT2D eigenvalue weighted by Gasteiger charge is -2.19. The largest absolute Gasteiger partial charge is 0.396 e. The van der Waals surface area contributed by atoms with Crippen LogP contribution in [0.5, 0.6) is 0 Å². The number of aromatic nitrogens is 3. The molecule has 0 saturated heterocycles. The molecule has 26 heavy (non-hydrogen) atoms. The number of carbonyl (C=O) groups excluding carboxylic acids is 1. The minimum absolute atomic E-state index is 0.00855. The van der Waals surface area contributed by atoms with Crippen LogP contribution in [-0.2, 0) is 14.8 Å². The lowest BCUT2D eigenvalue weighted by atomic mass is 10.0. The van der Waals surface area contributed by atoms with Crippen LogP contribution >= 0.6 is 0 Å². The van der Waals surface area contributed by atoms with Gasteiger partial charge in [0.1, 0.15) is 11.7 Å². The molecule has 0 fully saturated rings. The zero-order valence-corrected chi connectivity index (χ0v) is 15.5. The van der Waals surface area contributed by atoms with Gasteiger partial charge in [0.15, 0.2) is 0 Å². The Morgan fingerprint density at radius 3 is 2.50 bits per heavy atom. The van der Waals surface area contributed by atoms with E-state index < -0.39 is 16.1 Å². The number of hydrogen-bond donors (Lipinski definition) is 3. The molecule has 4 N–H and O–H groups in total. The predicted molar refractivity (Wildman–Crippen MR) is 95.4 cm³/mol. The summed E-state index contributed by atoms with van der Waals surface area (Å²) in [7, 11) is -3.76. The van der Waals surface area contributed by atoms with Crippen molar-refractivity contribution in [1.82, 2.24) is 20.3 Å². The van der Waals surface area contributed by atoms with Crippen molar-refractivity contribution in [3.8, 4) is 11.3 Å². The Kier molecular flexibility index (Phi) is 6.46. The highest BCUT2D eigenvalue weighted by Crippen LogP contribution is 2.22. The van der Waals surface area contributed by atoms with Gasteiger partial charge in [0.2, 0.25) is 15.9 Å². The van der Waals surface area contributed by atoms with Gasteiger partial charge < -0.3 is 10.4 Å². The van der Waals surface area contributed by atoms with E-state index in [2.05, 4.69) is 15.6 Å². The molecule has 142 valence electrons. The maximum atomic E-state index is 12.4. The number of primary sulfonamides is 1. The molecule has 1 aromatic heterocycles. The van der Waals surface area contributed by atoms with Crippen LogP contribution in [-0.4, -0.2) is 47.6 Å².